The molecule has 1 fully saturated rings. The van der Waals surface area contributed by atoms with Gasteiger partial charge in [-0.2, -0.15) is 0 Å². The molecule has 23 heavy (non-hydrogen) atoms. The van der Waals surface area contributed by atoms with Gasteiger partial charge < -0.3 is 10.1 Å². The number of likely N-dealkylation sites (tertiary alicyclic amines) is 1. The molecule has 0 aliphatic carbocycles. The number of aromatic carboxylic acids is 1. The molecule has 1 aromatic carbocycles. The number of hydrogen-bond donors (Lipinski definition) is 2. The van der Waals surface area contributed by atoms with Gasteiger partial charge in [0.25, 0.3) is 0 Å². The number of nitrogens with zero attached hydrogens (tertiary/aromatic N) is 1. The van der Waals surface area contributed by atoms with Crippen LogP contribution in [0.1, 0.15) is 47.8 Å². The molecular weight excluding hydrogens is 292 g/mol. The predicted octanol–water partition coefficient (Wildman–Crippen LogP) is 2.91. The molecule has 0 amide bonds. The van der Waals surface area contributed by atoms with Crippen molar-refractivity contribution in [1.82, 2.24) is 9.88 Å². The number of carboxylic acids is 1. The average molecular weight is 314 g/mol. The van der Waals surface area contributed by atoms with Crippen molar-refractivity contribution < 1.29 is 9.90 Å². The zero-order chi connectivity index (χ0) is 16.6. The largest absolute Gasteiger partial charge is 0.478 e. The van der Waals surface area contributed by atoms with E-state index in [1.165, 1.54) is 12.5 Å². The molecule has 1 saturated heterocycles. The minimum absolute atomic E-state index is 0.0582. The maximum Gasteiger partial charge on any atom is 0.337 e. The van der Waals surface area contributed by atoms with Crippen molar-refractivity contribution in [3.63, 3.8) is 0 Å². The van der Waals surface area contributed by atoms with Crippen LogP contribution in [0.15, 0.2) is 23.0 Å². The van der Waals surface area contributed by atoms with Crippen LogP contribution in [0.2, 0.25) is 0 Å². The van der Waals surface area contributed by atoms with Gasteiger partial charge in [-0.3, -0.25) is 9.69 Å². The second-order valence-corrected chi connectivity index (χ2v) is 6.41. The summed E-state index contributed by atoms with van der Waals surface area (Å²) in [5.74, 6) is -1.02. The Morgan fingerprint density at radius 3 is 2.87 bits per heavy atom. The predicted molar refractivity (Wildman–Crippen MR) is 90.0 cm³/mol. The highest BCUT2D eigenvalue weighted by molar-refractivity contribution is 6.01. The van der Waals surface area contributed by atoms with E-state index in [4.69, 9.17) is 0 Å². The van der Waals surface area contributed by atoms with Crippen LogP contribution >= 0.6 is 0 Å². The Kier molecular flexibility index (Phi) is 4.22. The molecule has 0 spiro atoms. The summed E-state index contributed by atoms with van der Waals surface area (Å²) in [6.07, 6.45) is 3.57. The Morgan fingerprint density at radius 1 is 1.39 bits per heavy atom. The van der Waals surface area contributed by atoms with E-state index in [9.17, 15) is 14.7 Å². The summed E-state index contributed by atoms with van der Waals surface area (Å²) in [6.45, 7) is 5.68. The molecule has 5 nitrogen and oxygen atoms in total. The Bertz CT molecular complexity index is 810. The van der Waals surface area contributed by atoms with Gasteiger partial charge in [0.05, 0.1) is 11.1 Å². The minimum atomic E-state index is -1.02. The molecular formula is C18H22N2O3. The number of rotatable bonds is 3. The fourth-order valence-corrected chi connectivity index (χ4v) is 3.44. The van der Waals surface area contributed by atoms with Gasteiger partial charge >= 0.3 is 5.97 Å². The second-order valence-electron chi connectivity index (χ2n) is 6.41. The number of fused-ring (bicyclic) bond motifs is 1. The van der Waals surface area contributed by atoms with Gasteiger partial charge in [-0.05, 0) is 45.4 Å². The minimum Gasteiger partial charge on any atom is -0.478 e. The molecule has 0 saturated carbocycles. The molecule has 2 N–H and O–H groups in total. The lowest BCUT2D eigenvalue weighted by Crippen LogP contribution is -2.38. The molecule has 1 aromatic heterocycles. The molecule has 0 radical (unpaired) electrons. The molecule has 1 atom stereocenters. The first-order valence-electron chi connectivity index (χ1n) is 8.11. The summed E-state index contributed by atoms with van der Waals surface area (Å²) < 4.78 is 0. The smallest absolute Gasteiger partial charge is 0.337 e. The van der Waals surface area contributed by atoms with E-state index < -0.39 is 5.97 Å². The summed E-state index contributed by atoms with van der Waals surface area (Å²) in [7, 11) is 0. The van der Waals surface area contributed by atoms with Crippen molar-refractivity contribution in [2.45, 2.75) is 45.7 Å². The van der Waals surface area contributed by atoms with Gasteiger partial charge in [-0.1, -0.05) is 12.5 Å². The zero-order valence-corrected chi connectivity index (χ0v) is 13.6. The molecule has 3 rings (SSSR count). The van der Waals surface area contributed by atoms with Gasteiger partial charge in [-0.25, -0.2) is 4.79 Å². The number of aryl methyl sites for hydroxylation is 1. The number of aromatic amines is 1. The van der Waals surface area contributed by atoms with Crippen molar-refractivity contribution in [3.8, 4) is 0 Å². The van der Waals surface area contributed by atoms with Gasteiger partial charge in [0.2, 0.25) is 0 Å². The fraction of sp³-hybridized carbons (Fsp3) is 0.444. The number of para-hydroxylation sites is 1. The number of pyridine rings is 1. The lowest BCUT2D eigenvalue weighted by atomic mass is 10.0. The van der Waals surface area contributed by atoms with Crippen LogP contribution < -0.4 is 5.43 Å². The van der Waals surface area contributed by atoms with E-state index in [1.54, 1.807) is 12.1 Å². The lowest BCUT2D eigenvalue weighted by molar-refractivity contribution is 0.0699. The maximum absolute atomic E-state index is 12.9. The second kappa shape index (κ2) is 6.16. The van der Waals surface area contributed by atoms with E-state index in [-0.39, 0.29) is 11.0 Å². The first kappa shape index (κ1) is 15.7. The van der Waals surface area contributed by atoms with E-state index in [1.807, 2.05) is 6.92 Å². The Labute approximate surface area is 134 Å². The summed E-state index contributed by atoms with van der Waals surface area (Å²) >= 11 is 0. The molecule has 1 unspecified atom stereocenters. The van der Waals surface area contributed by atoms with Crippen LogP contribution in [0.5, 0.6) is 0 Å². The van der Waals surface area contributed by atoms with Crippen LogP contribution in [-0.4, -0.2) is 33.5 Å². The third-order valence-electron chi connectivity index (χ3n) is 4.88. The van der Waals surface area contributed by atoms with Crippen LogP contribution in [0, 0.1) is 6.92 Å². The number of carbonyl (C=O) groups is 1. The molecule has 122 valence electrons. The summed E-state index contributed by atoms with van der Waals surface area (Å²) in [4.78, 5) is 29.7. The van der Waals surface area contributed by atoms with E-state index in [2.05, 4.69) is 16.8 Å². The van der Waals surface area contributed by atoms with Gasteiger partial charge in [0, 0.05) is 29.2 Å². The number of nitrogens with one attached hydrogen (secondary N) is 1. The van der Waals surface area contributed by atoms with Crippen LogP contribution in [0.25, 0.3) is 10.9 Å². The molecule has 2 aromatic rings. The summed E-state index contributed by atoms with van der Waals surface area (Å²) in [5, 5.41) is 9.75. The highest BCUT2D eigenvalue weighted by Crippen LogP contribution is 2.21. The highest BCUT2D eigenvalue weighted by atomic mass is 16.4. The summed E-state index contributed by atoms with van der Waals surface area (Å²) in [6, 6.07) is 5.32. The maximum atomic E-state index is 12.9. The molecule has 1 aliphatic rings. The van der Waals surface area contributed by atoms with E-state index >= 15 is 0 Å². The van der Waals surface area contributed by atoms with Crippen LogP contribution in [0.3, 0.4) is 0 Å². The molecule has 1 aliphatic heterocycles. The van der Waals surface area contributed by atoms with E-state index in [0.29, 0.717) is 23.5 Å². The van der Waals surface area contributed by atoms with Crippen LogP contribution in [-0.2, 0) is 6.54 Å². The number of H-pyrrole nitrogens is 1. The first-order chi connectivity index (χ1) is 11.0. The molecule has 2 heterocycles. The third kappa shape index (κ3) is 2.88. The van der Waals surface area contributed by atoms with Crippen molar-refractivity contribution in [1.29, 1.82) is 0 Å². The number of benzene rings is 1. The summed E-state index contributed by atoms with van der Waals surface area (Å²) in [5.41, 5.74) is 2.00. The lowest BCUT2D eigenvalue weighted by Gasteiger charge is -2.33. The average Bonchev–Trinajstić information content (AvgIpc) is 2.52. The standard InChI is InChI=1S/C18H22N2O3/c1-11-6-3-4-9-20(11)10-15-12(2)19-16-13(17(15)21)7-5-8-14(16)18(22)23/h5,7-8,11H,3-4,6,9-10H2,1-2H3,(H,19,21)(H,22,23). The fourth-order valence-electron chi connectivity index (χ4n) is 3.44. The highest BCUT2D eigenvalue weighted by Gasteiger charge is 2.21. The topological polar surface area (TPSA) is 73.4 Å². The molecule has 5 heteroatoms. The first-order valence-corrected chi connectivity index (χ1v) is 8.11. The zero-order valence-electron chi connectivity index (χ0n) is 13.6. The Balaban J connectivity index is 2.08. The number of piperidine rings is 1. The van der Waals surface area contributed by atoms with E-state index in [0.717, 1.165) is 30.6 Å². The van der Waals surface area contributed by atoms with Crippen molar-refractivity contribution >= 4 is 16.9 Å². The van der Waals surface area contributed by atoms with Gasteiger partial charge in [0.1, 0.15) is 0 Å². The number of aromatic nitrogens is 1. The van der Waals surface area contributed by atoms with Crippen LogP contribution in [0.4, 0.5) is 0 Å². The molecule has 0 bridgehead atoms. The Hall–Kier alpha value is -2.14. The van der Waals surface area contributed by atoms with Crippen molar-refractivity contribution in [2.24, 2.45) is 0 Å². The SMILES string of the molecule is Cc1[nH]c2c(C(=O)O)cccc2c(=O)c1CN1CCCCC1C. The van der Waals surface area contributed by atoms with Crippen molar-refractivity contribution in [3.05, 3.63) is 45.2 Å². The van der Waals surface area contributed by atoms with Gasteiger partial charge in [-0.15, -0.1) is 0 Å². The monoisotopic (exact) mass is 314 g/mol. The number of hydrogen-bond acceptors (Lipinski definition) is 3. The van der Waals surface area contributed by atoms with Crippen molar-refractivity contribution in [2.75, 3.05) is 6.54 Å². The third-order valence-corrected chi connectivity index (χ3v) is 4.88. The normalized spacial score (nSPS) is 19.1. The quantitative estimate of drug-likeness (QED) is 0.913. The Morgan fingerprint density at radius 2 is 2.17 bits per heavy atom. The van der Waals surface area contributed by atoms with Gasteiger partial charge in [0.15, 0.2) is 5.43 Å². The number of carboxylic acid groups (broad SMARTS) is 1.